The number of carbonyl (C=O) groups excluding carboxylic acids is 2. The topological polar surface area (TPSA) is 83.8 Å². The third kappa shape index (κ3) is 4.86. The molecular weight excluding hydrogens is 370 g/mol. The molecule has 1 aromatic carbocycles. The van der Waals surface area contributed by atoms with Crippen LogP contribution in [0, 0.1) is 13.8 Å². The summed E-state index contributed by atoms with van der Waals surface area (Å²) in [7, 11) is 1.95. The van der Waals surface area contributed by atoms with E-state index in [1.807, 2.05) is 7.05 Å². The number of nitrogens with zero attached hydrogens (tertiary/aromatic N) is 1. The standard InChI is InChI=1S/C22H27N3O4/c1-5-28-21(26)19-17(23-22(27)24-20(19)18-7-6-10-29-18)13-25(4)12-16-9-8-14(2)11-15(16)3/h6-11,20H,5,12-13H2,1-4H3,(H2,23,24,27)/t20-/m1/s1. The van der Waals surface area contributed by atoms with Crippen molar-refractivity contribution >= 4 is 12.0 Å². The highest BCUT2D eigenvalue weighted by molar-refractivity contribution is 5.95. The van der Waals surface area contributed by atoms with Crippen molar-refractivity contribution in [3.63, 3.8) is 0 Å². The van der Waals surface area contributed by atoms with Gasteiger partial charge >= 0.3 is 12.0 Å². The molecule has 3 rings (SSSR count). The van der Waals surface area contributed by atoms with Gasteiger partial charge in [0.15, 0.2) is 0 Å². The zero-order valence-electron chi connectivity index (χ0n) is 17.2. The SMILES string of the molecule is CCOC(=O)C1=C(CN(C)Cc2ccc(C)cc2C)NC(=O)N[C@@H]1c1ccco1. The van der Waals surface area contributed by atoms with Crippen molar-refractivity contribution in [2.45, 2.75) is 33.4 Å². The molecule has 7 heteroatoms. The van der Waals surface area contributed by atoms with Gasteiger partial charge < -0.3 is 19.8 Å². The van der Waals surface area contributed by atoms with Crippen LogP contribution in [-0.4, -0.2) is 37.1 Å². The molecule has 2 amide bonds. The number of esters is 1. The Morgan fingerprint density at radius 2 is 2.03 bits per heavy atom. The van der Waals surface area contributed by atoms with Gasteiger partial charge in [0.1, 0.15) is 11.8 Å². The molecule has 2 N–H and O–H groups in total. The van der Waals surface area contributed by atoms with Gasteiger partial charge in [-0.1, -0.05) is 23.8 Å². The maximum absolute atomic E-state index is 12.7. The average molecular weight is 397 g/mol. The van der Waals surface area contributed by atoms with Crippen molar-refractivity contribution in [1.82, 2.24) is 15.5 Å². The zero-order valence-corrected chi connectivity index (χ0v) is 17.2. The lowest BCUT2D eigenvalue weighted by atomic mass is 9.99. The smallest absolute Gasteiger partial charge is 0.338 e. The third-order valence-electron chi connectivity index (χ3n) is 4.84. The molecule has 0 unspecified atom stereocenters. The molecule has 0 spiro atoms. The first kappa shape index (κ1) is 20.7. The highest BCUT2D eigenvalue weighted by atomic mass is 16.5. The number of carbonyl (C=O) groups is 2. The van der Waals surface area contributed by atoms with Crippen LogP contribution in [0.2, 0.25) is 0 Å². The van der Waals surface area contributed by atoms with E-state index in [0.29, 0.717) is 30.1 Å². The highest BCUT2D eigenvalue weighted by Crippen LogP contribution is 2.28. The Balaban J connectivity index is 1.89. The first-order chi connectivity index (χ1) is 13.9. The molecule has 0 radical (unpaired) electrons. The third-order valence-corrected chi connectivity index (χ3v) is 4.84. The van der Waals surface area contributed by atoms with Gasteiger partial charge in [-0.2, -0.15) is 0 Å². The fourth-order valence-corrected chi connectivity index (χ4v) is 3.50. The summed E-state index contributed by atoms with van der Waals surface area (Å²) in [5.41, 5.74) is 4.49. The number of likely N-dealkylation sites (N-methyl/N-ethyl adjacent to an activating group) is 1. The van der Waals surface area contributed by atoms with E-state index >= 15 is 0 Å². The minimum absolute atomic E-state index is 0.243. The van der Waals surface area contributed by atoms with E-state index in [1.54, 1.807) is 19.1 Å². The molecule has 1 atom stereocenters. The Kier molecular flexibility index (Phi) is 6.39. The zero-order chi connectivity index (χ0) is 21.0. The van der Waals surface area contributed by atoms with Gasteiger partial charge in [0, 0.05) is 18.8 Å². The lowest BCUT2D eigenvalue weighted by Crippen LogP contribution is -2.48. The summed E-state index contributed by atoms with van der Waals surface area (Å²) in [5.74, 6) is 0.00810. The summed E-state index contributed by atoms with van der Waals surface area (Å²) in [6.07, 6.45) is 1.51. The average Bonchev–Trinajstić information content (AvgIpc) is 3.18. The second-order valence-corrected chi connectivity index (χ2v) is 7.26. The number of hydrogen-bond donors (Lipinski definition) is 2. The van der Waals surface area contributed by atoms with Crippen LogP contribution in [0.1, 0.15) is 35.4 Å². The molecular formula is C22H27N3O4. The largest absolute Gasteiger partial charge is 0.467 e. The van der Waals surface area contributed by atoms with Gasteiger partial charge in [0.2, 0.25) is 0 Å². The summed E-state index contributed by atoms with van der Waals surface area (Å²) in [5, 5.41) is 5.54. The lowest BCUT2D eigenvalue weighted by molar-refractivity contribution is -0.139. The van der Waals surface area contributed by atoms with Gasteiger partial charge in [-0.3, -0.25) is 4.90 Å². The van der Waals surface area contributed by atoms with Crippen LogP contribution in [0.15, 0.2) is 52.3 Å². The predicted molar refractivity (Wildman–Crippen MR) is 109 cm³/mol. The molecule has 2 heterocycles. The summed E-state index contributed by atoms with van der Waals surface area (Å²) in [6, 6.07) is 8.71. The van der Waals surface area contributed by atoms with Gasteiger partial charge in [0.25, 0.3) is 0 Å². The van der Waals surface area contributed by atoms with Crippen LogP contribution in [0.25, 0.3) is 0 Å². The van der Waals surface area contributed by atoms with Gasteiger partial charge in [-0.15, -0.1) is 0 Å². The Morgan fingerprint density at radius 1 is 1.24 bits per heavy atom. The second-order valence-electron chi connectivity index (χ2n) is 7.26. The lowest BCUT2D eigenvalue weighted by Gasteiger charge is -2.30. The van der Waals surface area contributed by atoms with Crippen molar-refractivity contribution in [3.05, 3.63) is 70.3 Å². The molecule has 0 saturated carbocycles. The van der Waals surface area contributed by atoms with Gasteiger partial charge in [0.05, 0.1) is 18.4 Å². The van der Waals surface area contributed by atoms with Gasteiger partial charge in [-0.25, -0.2) is 9.59 Å². The number of furan rings is 1. The Morgan fingerprint density at radius 3 is 2.69 bits per heavy atom. The predicted octanol–water partition coefficient (Wildman–Crippen LogP) is 3.20. The Bertz CT molecular complexity index is 918. The van der Waals surface area contributed by atoms with Crippen LogP contribution in [0.5, 0.6) is 0 Å². The number of rotatable bonds is 7. The molecule has 1 aromatic heterocycles. The van der Waals surface area contributed by atoms with E-state index in [1.165, 1.54) is 23.0 Å². The molecule has 0 bridgehead atoms. The number of ether oxygens (including phenoxy) is 1. The van der Waals surface area contributed by atoms with E-state index in [-0.39, 0.29) is 12.6 Å². The number of hydrogen-bond acceptors (Lipinski definition) is 5. The minimum atomic E-state index is -0.692. The highest BCUT2D eigenvalue weighted by Gasteiger charge is 2.35. The summed E-state index contributed by atoms with van der Waals surface area (Å²) in [6.45, 7) is 7.20. The normalized spacial score (nSPS) is 16.6. The maximum Gasteiger partial charge on any atom is 0.338 e. The van der Waals surface area contributed by atoms with Crippen molar-refractivity contribution < 1.29 is 18.7 Å². The summed E-state index contributed by atoms with van der Waals surface area (Å²) >= 11 is 0. The van der Waals surface area contributed by atoms with Gasteiger partial charge in [-0.05, 0) is 51.1 Å². The summed E-state index contributed by atoms with van der Waals surface area (Å²) < 4.78 is 10.7. The number of aryl methyl sites for hydroxylation is 2. The number of amides is 2. The number of nitrogens with one attached hydrogen (secondary N) is 2. The van der Waals surface area contributed by atoms with E-state index < -0.39 is 12.0 Å². The van der Waals surface area contributed by atoms with Crippen LogP contribution in [-0.2, 0) is 16.1 Å². The summed E-state index contributed by atoms with van der Waals surface area (Å²) in [4.78, 5) is 27.0. The van der Waals surface area contributed by atoms with E-state index in [0.717, 1.165) is 0 Å². The second kappa shape index (κ2) is 8.96. The molecule has 2 aromatic rings. The molecule has 29 heavy (non-hydrogen) atoms. The minimum Gasteiger partial charge on any atom is -0.467 e. The van der Waals surface area contributed by atoms with Crippen LogP contribution in [0.4, 0.5) is 4.79 Å². The van der Waals surface area contributed by atoms with E-state index in [2.05, 4.69) is 47.6 Å². The van der Waals surface area contributed by atoms with E-state index in [4.69, 9.17) is 9.15 Å². The molecule has 154 valence electrons. The van der Waals surface area contributed by atoms with Crippen molar-refractivity contribution in [2.24, 2.45) is 0 Å². The molecule has 1 aliphatic rings. The first-order valence-electron chi connectivity index (χ1n) is 9.64. The first-order valence-corrected chi connectivity index (χ1v) is 9.64. The van der Waals surface area contributed by atoms with Crippen molar-refractivity contribution in [1.29, 1.82) is 0 Å². The molecule has 0 aliphatic carbocycles. The Hall–Kier alpha value is -3.06. The van der Waals surface area contributed by atoms with Crippen molar-refractivity contribution in [2.75, 3.05) is 20.2 Å². The maximum atomic E-state index is 12.7. The Labute approximate surface area is 170 Å². The fourth-order valence-electron chi connectivity index (χ4n) is 3.50. The van der Waals surface area contributed by atoms with E-state index in [9.17, 15) is 9.59 Å². The molecule has 7 nitrogen and oxygen atoms in total. The molecule has 0 fully saturated rings. The molecule has 1 aliphatic heterocycles. The van der Waals surface area contributed by atoms with Crippen LogP contribution < -0.4 is 10.6 Å². The van der Waals surface area contributed by atoms with Crippen LogP contribution in [0.3, 0.4) is 0 Å². The fraction of sp³-hybridized carbons (Fsp3) is 0.364. The van der Waals surface area contributed by atoms with Crippen molar-refractivity contribution in [3.8, 4) is 0 Å². The number of urea groups is 1. The van der Waals surface area contributed by atoms with Crippen LogP contribution >= 0.6 is 0 Å². The monoisotopic (exact) mass is 397 g/mol. The number of benzene rings is 1. The molecule has 0 saturated heterocycles. The quantitative estimate of drug-likeness (QED) is 0.701.